The van der Waals surface area contributed by atoms with Crippen LogP contribution in [0.5, 0.6) is 0 Å². The maximum atomic E-state index is 9.40. The molecule has 1 aromatic heterocycles. The molecule has 0 aliphatic heterocycles. The van der Waals surface area contributed by atoms with E-state index in [0.717, 1.165) is 10.5 Å². The zero-order valence-corrected chi connectivity index (χ0v) is 13.4. The number of aromatic nitrogens is 1. The number of hydrogen-bond donors (Lipinski definition) is 0. The molecular weight excluding hydrogens is 300 g/mol. The molecule has 2 aromatic rings. The maximum absolute atomic E-state index is 9.40. The minimum atomic E-state index is 0.441. The molecule has 0 aliphatic rings. The minimum absolute atomic E-state index is 0.441. The summed E-state index contributed by atoms with van der Waals surface area (Å²) in [7, 11) is 0. The Morgan fingerprint density at radius 2 is 2.10 bits per heavy atom. The van der Waals surface area contributed by atoms with E-state index in [1.54, 1.807) is 18.0 Å². The fraction of sp³-hybridized carbons (Fsp3) is 0.176. The first kappa shape index (κ1) is 15.6. The van der Waals surface area contributed by atoms with Crippen molar-refractivity contribution in [3.8, 4) is 6.07 Å². The SMILES string of the molecule is CC(C)Sc1cccc(Cl)c1C=C(C#N)c1ccccn1. The minimum Gasteiger partial charge on any atom is -0.256 e. The van der Waals surface area contributed by atoms with Crippen LogP contribution in [0, 0.1) is 11.3 Å². The predicted octanol–water partition coefficient (Wildman–Crippen LogP) is 5.30. The first-order valence-corrected chi connectivity index (χ1v) is 7.86. The second kappa shape index (κ2) is 7.31. The van der Waals surface area contributed by atoms with E-state index in [1.807, 2.05) is 42.5 Å². The predicted molar refractivity (Wildman–Crippen MR) is 90.2 cm³/mol. The topological polar surface area (TPSA) is 36.7 Å². The van der Waals surface area contributed by atoms with Gasteiger partial charge in [-0.15, -0.1) is 11.8 Å². The molecule has 1 aromatic carbocycles. The molecule has 0 aliphatic carbocycles. The van der Waals surface area contributed by atoms with E-state index < -0.39 is 0 Å². The molecule has 0 bridgehead atoms. The summed E-state index contributed by atoms with van der Waals surface area (Å²) >= 11 is 8.04. The van der Waals surface area contributed by atoms with E-state index in [-0.39, 0.29) is 0 Å². The monoisotopic (exact) mass is 314 g/mol. The Labute approximate surface area is 134 Å². The Bertz CT molecular complexity index is 688. The van der Waals surface area contributed by atoms with Crippen LogP contribution >= 0.6 is 23.4 Å². The Morgan fingerprint density at radius 3 is 2.71 bits per heavy atom. The normalized spacial score (nSPS) is 11.5. The van der Waals surface area contributed by atoms with Crippen molar-refractivity contribution < 1.29 is 0 Å². The zero-order chi connectivity index (χ0) is 15.2. The molecule has 0 unspecified atom stereocenters. The van der Waals surface area contributed by atoms with Gasteiger partial charge in [-0.2, -0.15) is 5.26 Å². The molecule has 0 saturated heterocycles. The summed E-state index contributed by atoms with van der Waals surface area (Å²) in [5.41, 5.74) is 2.04. The summed E-state index contributed by atoms with van der Waals surface area (Å²) in [5, 5.41) is 10.5. The highest BCUT2D eigenvalue weighted by Crippen LogP contribution is 2.33. The molecule has 2 rings (SSSR count). The summed E-state index contributed by atoms with van der Waals surface area (Å²) in [5.74, 6) is 0. The van der Waals surface area contributed by atoms with Gasteiger partial charge in [-0.3, -0.25) is 4.98 Å². The molecule has 106 valence electrons. The molecule has 0 N–H and O–H groups in total. The van der Waals surface area contributed by atoms with Crippen LogP contribution in [0.1, 0.15) is 25.1 Å². The van der Waals surface area contributed by atoms with Gasteiger partial charge in [0.05, 0.1) is 11.3 Å². The molecule has 0 radical (unpaired) electrons. The van der Waals surface area contributed by atoms with Gasteiger partial charge in [0, 0.05) is 26.9 Å². The van der Waals surface area contributed by atoms with Gasteiger partial charge in [0.2, 0.25) is 0 Å². The van der Waals surface area contributed by atoms with Crippen molar-refractivity contribution in [3.63, 3.8) is 0 Å². The van der Waals surface area contributed by atoms with Gasteiger partial charge < -0.3 is 0 Å². The van der Waals surface area contributed by atoms with Crippen LogP contribution in [0.25, 0.3) is 11.6 Å². The average molecular weight is 315 g/mol. The van der Waals surface area contributed by atoms with Crippen molar-refractivity contribution >= 4 is 35.0 Å². The number of thioether (sulfide) groups is 1. The fourth-order valence-electron chi connectivity index (χ4n) is 1.84. The lowest BCUT2D eigenvalue weighted by molar-refractivity contribution is 1.11. The summed E-state index contributed by atoms with van der Waals surface area (Å²) in [6, 6.07) is 13.5. The molecule has 2 nitrogen and oxygen atoms in total. The van der Waals surface area contributed by atoms with Gasteiger partial charge >= 0.3 is 0 Å². The van der Waals surface area contributed by atoms with Crippen molar-refractivity contribution in [2.75, 3.05) is 0 Å². The first-order valence-electron chi connectivity index (χ1n) is 6.60. The van der Waals surface area contributed by atoms with Crippen molar-refractivity contribution in [1.29, 1.82) is 5.26 Å². The van der Waals surface area contributed by atoms with Crippen LogP contribution in [0.4, 0.5) is 0 Å². The van der Waals surface area contributed by atoms with Crippen LogP contribution in [0.15, 0.2) is 47.5 Å². The van der Waals surface area contributed by atoms with Crippen LogP contribution in [-0.4, -0.2) is 10.2 Å². The lowest BCUT2D eigenvalue weighted by Gasteiger charge is -2.10. The molecular formula is C17H15ClN2S. The highest BCUT2D eigenvalue weighted by molar-refractivity contribution is 8.00. The fourth-order valence-corrected chi connectivity index (χ4v) is 3.09. The highest BCUT2D eigenvalue weighted by Gasteiger charge is 2.10. The Hall–Kier alpha value is -1.76. The second-order valence-corrected chi connectivity index (χ2v) is 6.73. The van der Waals surface area contributed by atoms with Crippen LogP contribution in [-0.2, 0) is 0 Å². The van der Waals surface area contributed by atoms with Gasteiger partial charge in [0.15, 0.2) is 0 Å². The Morgan fingerprint density at radius 1 is 1.29 bits per heavy atom. The summed E-state index contributed by atoms with van der Waals surface area (Å²) < 4.78 is 0. The third-order valence-corrected chi connectivity index (χ3v) is 4.14. The smallest absolute Gasteiger partial charge is 0.101 e. The number of halogens is 1. The third-order valence-electron chi connectivity index (χ3n) is 2.73. The van der Waals surface area contributed by atoms with E-state index in [9.17, 15) is 5.26 Å². The number of hydrogen-bond acceptors (Lipinski definition) is 3. The van der Waals surface area contributed by atoms with Gasteiger partial charge in [-0.05, 0) is 30.3 Å². The number of benzene rings is 1. The van der Waals surface area contributed by atoms with Crippen molar-refractivity contribution in [1.82, 2.24) is 4.98 Å². The van der Waals surface area contributed by atoms with Gasteiger partial charge in [-0.25, -0.2) is 0 Å². The first-order chi connectivity index (χ1) is 10.1. The van der Waals surface area contributed by atoms with Gasteiger partial charge in [0.25, 0.3) is 0 Å². The van der Waals surface area contributed by atoms with E-state index in [0.29, 0.717) is 21.5 Å². The third kappa shape index (κ3) is 4.10. The van der Waals surface area contributed by atoms with E-state index in [2.05, 4.69) is 24.9 Å². The number of pyridine rings is 1. The molecule has 0 atom stereocenters. The highest BCUT2D eigenvalue weighted by atomic mass is 35.5. The number of rotatable bonds is 4. The molecule has 1 heterocycles. The van der Waals surface area contributed by atoms with Crippen molar-refractivity contribution in [2.24, 2.45) is 0 Å². The maximum Gasteiger partial charge on any atom is 0.101 e. The van der Waals surface area contributed by atoms with Crippen LogP contribution in [0.2, 0.25) is 5.02 Å². The van der Waals surface area contributed by atoms with E-state index in [4.69, 9.17) is 11.6 Å². The molecule has 0 spiro atoms. The van der Waals surface area contributed by atoms with E-state index >= 15 is 0 Å². The molecule has 0 amide bonds. The summed E-state index contributed by atoms with van der Waals surface area (Å²) in [4.78, 5) is 5.30. The molecule has 0 saturated carbocycles. The summed E-state index contributed by atoms with van der Waals surface area (Å²) in [6.45, 7) is 4.26. The summed E-state index contributed by atoms with van der Waals surface area (Å²) in [6.07, 6.45) is 3.49. The standard InChI is InChI=1S/C17H15ClN2S/c1-12(2)21-17-8-5-6-15(18)14(17)10-13(11-19)16-7-3-4-9-20-16/h3-10,12H,1-2H3. The quantitative estimate of drug-likeness (QED) is 0.567. The van der Waals surface area contributed by atoms with Crippen LogP contribution in [0.3, 0.4) is 0 Å². The van der Waals surface area contributed by atoms with E-state index in [1.165, 1.54) is 0 Å². The molecule has 21 heavy (non-hydrogen) atoms. The Balaban J connectivity index is 2.50. The zero-order valence-electron chi connectivity index (χ0n) is 11.9. The average Bonchev–Trinajstić information content (AvgIpc) is 2.47. The second-order valence-electron chi connectivity index (χ2n) is 4.70. The van der Waals surface area contributed by atoms with Gasteiger partial charge in [0.1, 0.15) is 6.07 Å². The number of nitrogens with zero attached hydrogens (tertiary/aromatic N) is 2. The lowest BCUT2D eigenvalue weighted by Crippen LogP contribution is -1.91. The van der Waals surface area contributed by atoms with Crippen LogP contribution < -0.4 is 0 Å². The van der Waals surface area contributed by atoms with Crippen molar-refractivity contribution in [3.05, 3.63) is 58.9 Å². The van der Waals surface area contributed by atoms with Crippen molar-refractivity contribution in [2.45, 2.75) is 24.0 Å². The largest absolute Gasteiger partial charge is 0.256 e. The molecule has 0 fully saturated rings. The molecule has 4 heteroatoms. The number of allylic oxidation sites excluding steroid dienone is 1. The number of nitriles is 1. The Kier molecular flexibility index (Phi) is 5.44. The van der Waals surface area contributed by atoms with Gasteiger partial charge in [-0.1, -0.05) is 37.6 Å². The lowest BCUT2D eigenvalue weighted by atomic mass is 10.1.